The Morgan fingerprint density at radius 3 is 2.75 bits per heavy atom. The third-order valence-corrected chi connectivity index (χ3v) is 2.18. The molecule has 0 saturated carbocycles. The molecule has 0 spiro atoms. The van der Waals surface area contributed by atoms with Gasteiger partial charge < -0.3 is 15.2 Å². The van der Waals surface area contributed by atoms with Crippen molar-refractivity contribution in [3.63, 3.8) is 0 Å². The molecule has 0 aliphatic rings. The van der Waals surface area contributed by atoms with Crippen molar-refractivity contribution in [2.24, 2.45) is 0 Å². The Kier molecular flexibility index (Phi) is 4.55. The van der Waals surface area contributed by atoms with Gasteiger partial charge in [0.2, 0.25) is 0 Å². The first-order valence-corrected chi connectivity index (χ1v) is 5.34. The van der Waals surface area contributed by atoms with E-state index in [0.717, 1.165) is 0 Å². The van der Waals surface area contributed by atoms with Gasteiger partial charge in [0.15, 0.2) is 0 Å². The van der Waals surface area contributed by atoms with Crippen molar-refractivity contribution in [1.29, 1.82) is 0 Å². The van der Waals surface area contributed by atoms with E-state index in [1.807, 2.05) is 13.8 Å². The number of rotatable bonds is 5. The molecule has 1 aromatic carbocycles. The molecule has 3 nitrogen and oxygen atoms in total. The average Bonchev–Trinajstić information content (AvgIpc) is 2.23. The van der Waals surface area contributed by atoms with Gasteiger partial charge in [-0.1, -0.05) is 0 Å². The second kappa shape index (κ2) is 5.70. The Labute approximate surface area is 95.4 Å². The molecular formula is C12H18FNO2. The maximum atomic E-state index is 13.1. The molecule has 0 fully saturated rings. The molecule has 2 N–H and O–H groups in total. The summed E-state index contributed by atoms with van der Waals surface area (Å²) in [5.74, 6) is 0.188. The number of aryl methyl sites for hydroxylation is 1. The van der Waals surface area contributed by atoms with E-state index in [9.17, 15) is 4.39 Å². The predicted octanol–water partition coefficient (Wildman–Crippen LogP) is 2.52. The van der Waals surface area contributed by atoms with Gasteiger partial charge in [-0.3, -0.25) is 0 Å². The zero-order chi connectivity index (χ0) is 12.1. The summed E-state index contributed by atoms with van der Waals surface area (Å²) < 4.78 is 23.9. The van der Waals surface area contributed by atoms with Crippen molar-refractivity contribution in [2.45, 2.75) is 26.9 Å². The van der Waals surface area contributed by atoms with Crippen molar-refractivity contribution in [2.75, 3.05) is 18.9 Å². The summed E-state index contributed by atoms with van der Waals surface area (Å²) >= 11 is 0. The molecular weight excluding hydrogens is 209 g/mol. The van der Waals surface area contributed by atoms with Crippen LogP contribution in [0.1, 0.15) is 19.4 Å². The quantitative estimate of drug-likeness (QED) is 0.786. The van der Waals surface area contributed by atoms with Crippen LogP contribution in [0.15, 0.2) is 12.1 Å². The standard InChI is InChI=1S/C12H18FNO2/c1-4-15-7-9(3)16-12-5-8(2)10(13)6-11(12)14/h5-6,9H,4,7,14H2,1-3H3. The first-order chi connectivity index (χ1) is 7.54. The highest BCUT2D eigenvalue weighted by Gasteiger charge is 2.09. The molecule has 0 aliphatic heterocycles. The largest absolute Gasteiger partial charge is 0.486 e. The Balaban J connectivity index is 2.69. The van der Waals surface area contributed by atoms with Gasteiger partial charge in [-0.25, -0.2) is 4.39 Å². The second-order valence-corrected chi connectivity index (χ2v) is 3.73. The SMILES string of the molecule is CCOCC(C)Oc1cc(C)c(F)cc1N. The number of benzene rings is 1. The predicted molar refractivity (Wildman–Crippen MR) is 62.1 cm³/mol. The van der Waals surface area contributed by atoms with Crippen molar-refractivity contribution in [3.8, 4) is 5.75 Å². The van der Waals surface area contributed by atoms with Crippen molar-refractivity contribution < 1.29 is 13.9 Å². The zero-order valence-electron chi connectivity index (χ0n) is 9.92. The number of nitrogen functional groups attached to an aromatic ring is 1. The summed E-state index contributed by atoms with van der Waals surface area (Å²) in [7, 11) is 0. The van der Waals surface area contributed by atoms with Gasteiger partial charge in [0, 0.05) is 12.7 Å². The van der Waals surface area contributed by atoms with Gasteiger partial charge in [-0.2, -0.15) is 0 Å². The summed E-state index contributed by atoms with van der Waals surface area (Å²) in [5.41, 5.74) is 6.49. The number of anilines is 1. The summed E-state index contributed by atoms with van der Waals surface area (Å²) in [6.07, 6.45) is -0.105. The lowest BCUT2D eigenvalue weighted by Gasteiger charge is -2.16. The molecule has 0 aliphatic carbocycles. The highest BCUT2D eigenvalue weighted by Crippen LogP contribution is 2.25. The third kappa shape index (κ3) is 3.38. The number of halogens is 1. The van der Waals surface area contributed by atoms with Crippen molar-refractivity contribution in [3.05, 3.63) is 23.5 Å². The first-order valence-electron chi connectivity index (χ1n) is 5.34. The molecule has 1 unspecified atom stereocenters. The molecule has 0 amide bonds. The van der Waals surface area contributed by atoms with Crippen LogP contribution in [0.4, 0.5) is 10.1 Å². The smallest absolute Gasteiger partial charge is 0.143 e. The van der Waals surface area contributed by atoms with Crippen LogP contribution < -0.4 is 10.5 Å². The Hall–Kier alpha value is -1.29. The molecule has 1 atom stereocenters. The van der Waals surface area contributed by atoms with E-state index in [1.165, 1.54) is 6.07 Å². The maximum absolute atomic E-state index is 13.1. The lowest BCUT2D eigenvalue weighted by atomic mass is 10.2. The highest BCUT2D eigenvalue weighted by atomic mass is 19.1. The van der Waals surface area contributed by atoms with Crippen LogP contribution in [0.3, 0.4) is 0 Å². The fraction of sp³-hybridized carbons (Fsp3) is 0.500. The average molecular weight is 227 g/mol. The lowest BCUT2D eigenvalue weighted by Crippen LogP contribution is -2.19. The summed E-state index contributed by atoms with van der Waals surface area (Å²) in [6, 6.07) is 2.88. The molecule has 0 aromatic heterocycles. The van der Waals surface area contributed by atoms with Crippen LogP contribution >= 0.6 is 0 Å². The Bertz CT molecular complexity index is 355. The van der Waals surface area contributed by atoms with Gasteiger partial charge in [0.1, 0.15) is 17.7 Å². The molecule has 1 rings (SSSR count). The van der Waals surface area contributed by atoms with Crippen LogP contribution in [-0.4, -0.2) is 19.3 Å². The summed E-state index contributed by atoms with van der Waals surface area (Å²) in [5, 5.41) is 0. The van der Waals surface area contributed by atoms with Gasteiger partial charge in [-0.15, -0.1) is 0 Å². The topological polar surface area (TPSA) is 44.5 Å². The fourth-order valence-electron chi connectivity index (χ4n) is 1.31. The third-order valence-electron chi connectivity index (χ3n) is 2.18. The monoisotopic (exact) mass is 227 g/mol. The van der Waals surface area contributed by atoms with Crippen LogP contribution in [0, 0.1) is 12.7 Å². The molecule has 4 heteroatoms. The van der Waals surface area contributed by atoms with E-state index in [-0.39, 0.29) is 11.9 Å². The molecule has 0 bridgehead atoms. The van der Waals surface area contributed by atoms with E-state index >= 15 is 0 Å². The molecule has 0 radical (unpaired) electrons. The van der Waals surface area contributed by atoms with E-state index < -0.39 is 0 Å². The number of ether oxygens (including phenoxy) is 2. The van der Waals surface area contributed by atoms with E-state index in [4.69, 9.17) is 15.2 Å². The molecule has 0 saturated heterocycles. The van der Waals surface area contributed by atoms with E-state index in [0.29, 0.717) is 30.2 Å². The summed E-state index contributed by atoms with van der Waals surface area (Å²) in [6.45, 7) is 6.61. The molecule has 0 heterocycles. The summed E-state index contributed by atoms with van der Waals surface area (Å²) in [4.78, 5) is 0. The van der Waals surface area contributed by atoms with Crippen molar-refractivity contribution in [1.82, 2.24) is 0 Å². The number of nitrogens with two attached hydrogens (primary N) is 1. The second-order valence-electron chi connectivity index (χ2n) is 3.73. The molecule has 1 aromatic rings. The van der Waals surface area contributed by atoms with Crippen molar-refractivity contribution >= 4 is 5.69 Å². The molecule has 90 valence electrons. The van der Waals surface area contributed by atoms with E-state index in [1.54, 1.807) is 13.0 Å². The van der Waals surface area contributed by atoms with Gasteiger partial charge in [0.05, 0.1) is 12.3 Å². The number of hydrogen-bond acceptors (Lipinski definition) is 3. The van der Waals surface area contributed by atoms with Crippen LogP contribution in [0.25, 0.3) is 0 Å². The minimum Gasteiger partial charge on any atom is -0.486 e. The van der Waals surface area contributed by atoms with Crippen LogP contribution in [0.5, 0.6) is 5.75 Å². The van der Waals surface area contributed by atoms with Gasteiger partial charge in [0.25, 0.3) is 0 Å². The Morgan fingerprint density at radius 2 is 2.12 bits per heavy atom. The minimum atomic E-state index is -0.317. The normalized spacial score (nSPS) is 12.5. The highest BCUT2D eigenvalue weighted by molar-refractivity contribution is 5.54. The lowest BCUT2D eigenvalue weighted by molar-refractivity contribution is 0.0660. The van der Waals surface area contributed by atoms with Crippen LogP contribution in [0.2, 0.25) is 0 Å². The van der Waals surface area contributed by atoms with Crippen LogP contribution in [-0.2, 0) is 4.74 Å². The first kappa shape index (κ1) is 12.8. The fourth-order valence-corrected chi connectivity index (χ4v) is 1.31. The molecule has 16 heavy (non-hydrogen) atoms. The van der Waals surface area contributed by atoms with E-state index in [2.05, 4.69) is 0 Å². The van der Waals surface area contributed by atoms with Gasteiger partial charge >= 0.3 is 0 Å². The number of hydrogen-bond donors (Lipinski definition) is 1. The minimum absolute atomic E-state index is 0.105. The van der Waals surface area contributed by atoms with Gasteiger partial charge in [-0.05, 0) is 32.4 Å². The zero-order valence-corrected chi connectivity index (χ0v) is 9.92. The Morgan fingerprint density at radius 1 is 1.44 bits per heavy atom. The maximum Gasteiger partial charge on any atom is 0.143 e.